The van der Waals surface area contributed by atoms with Crippen LogP contribution in [0.1, 0.15) is 30.4 Å². The number of hydrogen-bond acceptors (Lipinski definition) is 5. The monoisotopic (exact) mass is 422 g/mol. The number of terminal acetylenes is 1. The molecule has 6 heteroatoms. The number of nitrogens with zero attached hydrogens (tertiary/aromatic N) is 1. The van der Waals surface area contributed by atoms with Crippen molar-refractivity contribution in [3.63, 3.8) is 0 Å². The normalized spacial score (nSPS) is 11.4. The van der Waals surface area contributed by atoms with Crippen LogP contribution in [0.25, 0.3) is 0 Å². The van der Waals surface area contributed by atoms with Crippen LogP contribution in [0.15, 0.2) is 60.7 Å². The van der Waals surface area contributed by atoms with Crippen molar-refractivity contribution in [1.29, 1.82) is 0 Å². The second kappa shape index (κ2) is 13.8. The molecule has 0 heterocycles. The lowest BCUT2D eigenvalue weighted by Gasteiger charge is -2.18. The number of ether oxygens (including phenoxy) is 2. The predicted molar refractivity (Wildman–Crippen MR) is 120 cm³/mol. The van der Waals surface area contributed by atoms with Crippen molar-refractivity contribution >= 4 is 12.1 Å². The van der Waals surface area contributed by atoms with E-state index in [2.05, 4.69) is 11.2 Å². The van der Waals surface area contributed by atoms with E-state index in [1.54, 1.807) is 0 Å². The molecule has 1 amide bonds. The van der Waals surface area contributed by atoms with E-state index in [-0.39, 0.29) is 13.2 Å². The number of carbonyl (C=O) groups is 2. The van der Waals surface area contributed by atoms with Crippen LogP contribution in [0.4, 0.5) is 4.79 Å². The van der Waals surface area contributed by atoms with Crippen LogP contribution in [-0.4, -0.2) is 43.1 Å². The van der Waals surface area contributed by atoms with E-state index < -0.39 is 18.1 Å². The lowest BCUT2D eigenvalue weighted by molar-refractivity contribution is -0.147. The first kappa shape index (κ1) is 24.0. The summed E-state index contributed by atoms with van der Waals surface area (Å²) in [6.07, 6.45) is 6.71. The molecule has 0 aromatic heterocycles. The molecular formula is C25H30N2O4. The van der Waals surface area contributed by atoms with Crippen molar-refractivity contribution < 1.29 is 19.1 Å². The highest BCUT2D eigenvalue weighted by Crippen LogP contribution is 2.08. The molecule has 6 nitrogen and oxygen atoms in total. The highest BCUT2D eigenvalue weighted by Gasteiger charge is 2.23. The van der Waals surface area contributed by atoms with Crippen molar-refractivity contribution in [2.24, 2.45) is 0 Å². The van der Waals surface area contributed by atoms with Gasteiger partial charge in [0.1, 0.15) is 19.3 Å². The van der Waals surface area contributed by atoms with Gasteiger partial charge in [-0.1, -0.05) is 66.6 Å². The van der Waals surface area contributed by atoms with Crippen LogP contribution < -0.4 is 5.32 Å². The number of unbranched alkanes of at least 4 members (excludes halogenated alkanes) is 1. The van der Waals surface area contributed by atoms with Gasteiger partial charge < -0.3 is 14.8 Å². The Morgan fingerprint density at radius 3 is 2.13 bits per heavy atom. The molecule has 2 aromatic rings. The Kier molecular flexibility index (Phi) is 10.7. The number of esters is 1. The quantitative estimate of drug-likeness (QED) is 0.320. The van der Waals surface area contributed by atoms with E-state index >= 15 is 0 Å². The maximum Gasteiger partial charge on any atom is 0.408 e. The molecule has 164 valence electrons. The number of hydrogen-bond donors (Lipinski definition) is 1. The molecule has 0 unspecified atom stereocenters. The van der Waals surface area contributed by atoms with E-state index in [9.17, 15) is 9.59 Å². The molecule has 1 N–H and O–H groups in total. The Labute approximate surface area is 184 Å². The van der Waals surface area contributed by atoms with Crippen LogP contribution >= 0.6 is 0 Å². The second-order valence-electron chi connectivity index (χ2n) is 7.29. The van der Waals surface area contributed by atoms with Gasteiger partial charge in [0.25, 0.3) is 0 Å². The SMILES string of the molecule is C#CCN(C)CCCC[C@H](NC(=O)OCc1ccccc1)C(=O)OCc1ccccc1. The Morgan fingerprint density at radius 1 is 0.968 bits per heavy atom. The minimum atomic E-state index is -0.773. The van der Waals surface area contributed by atoms with Crippen LogP contribution in [-0.2, 0) is 27.5 Å². The van der Waals surface area contributed by atoms with Crippen LogP contribution in [0.2, 0.25) is 0 Å². The third-order valence-electron chi connectivity index (χ3n) is 4.66. The average Bonchev–Trinajstić information content (AvgIpc) is 2.79. The summed E-state index contributed by atoms with van der Waals surface area (Å²) in [5, 5.41) is 2.65. The Hall–Kier alpha value is -3.30. The summed E-state index contributed by atoms with van der Waals surface area (Å²) in [4.78, 5) is 26.9. The maximum atomic E-state index is 12.6. The van der Waals surface area contributed by atoms with Gasteiger partial charge in [0.2, 0.25) is 0 Å². The average molecular weight is 423 g/mol. The molecule has 0 spiro atoms. The van der Waals surface area contributed by atoms with Crippen molar-refractivity contribution in [3.8, 4) is 12.3 Å². The Bertz CT molecular complexity index is 834. The molecule has 0 saturated carbocycles. The van der Waals surface area contributed by atoms with Gasteiger partial charge in [0, 0.05) is 0 Å². The van der Waals surface area contributed by atoms with Gasteiger partial charge in [-0.15, -0.1) is 6.42 Å². The van der Waals surface area contributed by atoms with E-state index in [0.717, 1.165) is 30.5 Å². The molecule has 0 fully saturated rings. The fourth-order valence-electron chi connectivity index (χ4n) is 2.95. The summed E-state index contributed by atoms with van der Waals surface area (Å²) in [6, 6.07) is 18.0. The summed E-state index contributed by atoms with van der Waals surface area (Å²) in [5.41, 5.74) is 1.76. The molecule has 0 aliphatic carbocycles. The minimum absolute atomic E-state index is 0.134. The summed E-state index contributed by atoms with van der Waals surface area (Å²) >= 11 is 0. The van der Waals surface area contributed by atoms with Crippen molar-refractivity contribution in [3.05, 3.63) is 71.8 Å². The first-order valence-corrected chi connectivity index (χ1v) is 10.4. The molecule has 0 aliphatic heterocycles. The first-order valence-electron chi connectivity index (χ1n) is 10.4. The van der Waals surface area contributed by atoms with Gasteiger partial charge in [-0.2, -0.15) is 0 Å². The molecule has 2 aromatic carbocycles. The van der Waals surface area contributed by atoms with Gasteiger partial charge in [0.05, 0.1) is 6.54 Å². The molecule has 1 atom stereocenters. The van der Waals surface area contributed by atoms with Gasteiger partial charge >= 0.3 is 12.1 Å². The van der Waals surface area contributed by atoms with Gasteiger partial charge in [-0.3, -0.25) is 4.90 Å². The van der Waals surface area contributed by atoms with E-state index in [1.807, 2.05) is 72.6 Å². The zero-order valence-corrected chi connectivity index (χ0v) is 18.0. The minimum Gasteiger partial charge on any atom is -0.459 e. The van der Waals surface area contributed by atoms with E-state index in [0.29, 0.717) is 13.0 Å². The molecule has 31 heavy (non-hydrogen) atoms. The lowest BCUT2D eigenvalue weighted by Crippen LogP contribution is -2.42. The highest BCUT2D eigenvalue weighted by atomic mass is 16.6. The fourth-order valence-corrected chi connectivity index (χ4v) is 2.95. The van der Waals surface area contributed by atoms with E-state index in [1.165, 1.54) is 0 Å². The molecule has 0 aliphatic rings. The number of alkyl carbamates (subject to hydrolysis) is 1. The summed E-state index contributed by atoms with van der Waals surface area (Å²) < 4.78 is 10.7. The summed E-state index contributed by atoms with van der Waals surface area (Å²) in [7, 11) is 1.95. The van der Waals surface area contributed by atoms with Crippen LogP contribution in [0.5, 0.6) is 0 Å². The number of carbonyl (C=O) groups excluding carboxylic acids is 2. The molecular weight excluding hydrogens is 392 g/mol. The second-order valence-corrected chi connectivity index (χ2v) is 7.29. The standard InChI is InChI=1S/C25H30N2O4/c1-3-17-27(2)18-11-10-16-23(24(28)30-19-21-12-6-4-7-13-21)26-25(29)31-20-22-14-8-5-9-15-22/h1,4-9,12-15,23H,10-11,16-20H2,2H3,(H,26,29)/t23-/m0/s1. The van der Waals surface area contributed by atoms with Crippen molar-refractivity contribution in [2.75, 3.05) is 20.1 Å². The highest BCUT2D eigenvalue weighted by molar-refractivity contribution is 5.81. The maximum absolute atomic E-state index is 12.6. The Morgan fingerprint density at radius 2 is 1.55 bits per heavy atom. The Balaban J connectivity index is 1.86. The molecule has 2 rings (SSSR count). The lowest BCUT2D eigenvalue weighted by atomic mass is 10.1. The van der Waals surface area contributed by atoms with E-state index in [4.69, 9.17) is 15.9 Å². The summed E-state index contributed by atoms with van der Waals surface area (Å²) in [6.45, 7) is 1.68. The zero-order chi connectivity index (χ0) is 22.3. The summed E-state index contributed by atoms with van der Waals surface area (Å²) in [5.74, 6) is 2.13. The predicted octanol–water partition coefficient (Wildman–Crippen LogP) is 3.76. The molecule has 0 bridgehead atoms. The number of rotatable bonds is 12. The largest absolute Gasteiger partial charge is 0.459 e. The number of nitrogens with one attached hydrogen (secondary N) is 1. The van der Waals surface area contributed by atoms with Gasteiger partial charge in [-0.25, -0.2) is 9.59 Å². The third kappa shape index (κ3) is 9.83. The number of benzene rings is 2. The first-order chi connectivity index (χ1) is 15.1. The molecule has 0 saturated heterocycles. The van der Waals surface area contributed by atoms with Gasteiger partial charge in [0.15, 0.2) is 0 Å². The fraction of sp³-hybridized carbons (Fsp3) is 0.360. The molecule has 0 radical (unpaired) electrons. The topological polar surface area (TPSA) is 67.9 Å². The third-order valence-corrected chi connectivity index (χ3v) is 4.66. The van der Waals surface area contributed by atoms with Gasteiger partial charge in [-0.05, 0) is 44.0 Å². The smallest absolute Gasteiger partial charge is 0.408 e. The van der Waals surface area contributed by atoms with Crippen molar-refractivity contribution in [1.82, 2.24) is 10.2 Å². The van der Waals surface area contributed by atoms with Crippen LogP contribution in [0.3, 0.4) is 0 Å². The zero-order valence-electron chi connectivity index (χ0n) is 18.0. The van der Waals surface area contributed by atoms with Crippen LogP contribution in [0, 0.1) is 12.3 Å². The van der Waals surface area contributed by atoms with Crippen molar-refractivity contribution in [2.45, 2.75) is 38.5 Å². The number of amides is 1.